The van der Waals surface area contributed by atoms with Gasteiger partial charge in [-0.25, -0.2) is 9.59 Å². The van der Waals surface area contributed by atoms with E-state index < -0.39 is 48.2 Å². The molecule has 460 valence electrons. The van der Waals surface area contributed by atoms with Crippen LogP contribution in [0.5, 0.6) is 40.2 Å². The third-order valence-corrected chi connectivity index (χ3v) is 19.2. The van der Waals surface area contributed by atoms with E-state index in [1.54, 1.807) is 45.6 Å². The molecule has 21 nitrogen and oxygen atoms in total. The molecule has 0 radical (unpaired) electrons. The van der Waals surface area contributed by atoms with Gasteiger partial charge in [-0.1, -0.05) is 18.2 Å². The molecule has 4 fully saturated rings. The van der Waals surface area contributed by atoms with Crippen LogP contribution >= 0.6 is 0 Å². The number of methoxy groups -OCH3 is 11. The summed E-state index contributed by atoms with van der Waals surface area (Å²) in [6.45, 7) is 3.42. The average molecular weight is 1190 g/mol. The van der Waals surface area contributed by atoms with Gasteiger partial charge in [-0.3, -0.25) is 19.4 Å². The van der Waals surface area contributed by atoms with Gasteiger partial charge in [0.1, 0.15) is 30.2 Å². The van der Waals surface area contributed by atoms with Crippen LogP contribution in [0.15, 0.2) is 66.7 Å². The molecule has 86 heavy (non-hydrogen) atoms. The summed E-state index contributed by atoms with van der Waals surface area (Å²) in [5.41, 5.74) is 7.84. The van der Waals surface area contributed by atoms with E-state index >= 15 is 0 Å². The summed E-state index contributed by atoms with van der Waals surface area (Å²) < 4.78 is 72.7. The van der Waals surface area contributed by atoms with Crippen LogP contribution < -0.4 is 33.2 Å². The predicted octanol–water partition coefficient (Wildman–Crippen LogP) is 8.33. The third-order valence-electron chi connectivity index (χ3n) is 19.2. The van der Waals surface area contributed by atoms with Gasteiger partial charge in [-0.05, 0) is 116 Å². The van der Waals surface area contributed by atoms with E-state index in [1.807, 2.05) is 12.1 Å². The molecule has 2 aromatic heterocycles. The molecule has 0 amide bonds. The first-order chi connectivity index (χ1) is 41.8. The number of hydrogen-bond acceptors (Lipinski definition) is 19. The molecule has 2 saturated carbocycles. The number of piperidine rings is 2. The zero-order valence-corrected chi connectivity index (χ0v) is 50.7. The molecule has 0 bridgehead atoms. The van der Waals surface area contributed by atoms with Gasteiger partial charge in [0.2, 0.25) is 11.5 Å². The van der Waals surface area contributed by atoms with Crippen molar-refractivity contribution in [3.05, 3.63) is 100 Å². The van der Waals surface area contributed by atoms with E-state index in [0.29, 0.717) is 47.3 Å². The summed E-state index contributed by atoms with van der Waals surface area (Å²) in [4.78, 5) is 66.2. The number of nitrogens with zero attached hydrogens (tertiary/aromatic N) is 2. The number of carbonyl (C=O) groups excluding carboxylic acids is 4. The summed E-state index contributed by atoms with van der Waals surface area (Å²) in [7, 11) is 16.6. The Bertz CT molecular complexity index is 3440. The first kappa shape index (κ1) is 60.0. The Balaban J connectivity index is 0.000000179. The maximum Gasteiger partial charge on any atom is 0.338 e. The van der Waals surface area contributed by atoms with Gasteiger partial charge in [0.15, 0.2) is 23.0 Å². The quantitative estimate of drug-likeness (QED) is 0.0727. The number of para-hydroxylation sites is 1. The number of H-pyrrole nitrogens is 2. The average Bonchev–Trinajstić information content (AvgIpc) is 1.65. The Kier molecular flexibility index (Phi) is 17.7. The Labute approximate surface area is 499 Å². The van der Waals surface area contributed by atoms with Crippen LogP contribution in [0.1, 0.15) is 81.0 Å². The Morgan fingerprint density at radius 2 is 0.907 bits per heavy atom. The lowest BCUT2D eigenvalue weighted by Crippen LogP contribution is -2.58. The number of nitrogens with one attached hydrogen (secondary N) is 2. The zero-order valence-electron chi connectivity index (χ0n) is 50.7. The highest BCUT2D eigenvalue weighted by molar-refractivity contribution is 5.92. The highest BCUT2D eigenvalue weighted by atomic mass is 16.6. The second kappa shape index (κ2) is 25.3. The zero-order chi connectivity index (χ0) is 60.7. The predicted molar refractivity (Wildman–Crippen MR) is 315 cm³/mol. The van der Waals surface area contributed by atoms with Gasteiger partial charge in [0.25, 0.3) is 0 Å². The topological polar surface area (TPSA) is 226 Å². The van der Waals surface area contributed by atoms with Crippen LogP contribution in [0.2, 0.25) is 0 Å². The molecule has 4 aromatic carbocycles. The molecular weight excluding hydrogens is 1110 g/mol. The van der Waals surface area contributed by atoms with E-state index in [1.165, 1.54) is 90.2 Å². The number of hydrogen-bond donors (Lipinski definition) is 2. The molecule has 12 atom stereocenters. The number of rotatable bonds is 15. The first-order valence-electron chi connectivity index (χ1n) is 29.3. The van der Waals surface area contributed by atoms with E-state index in [-0.39, 0.29) is 58.8 Å². The van der Waals surface area contributed by atoms with Crippen molar-refractivity contribution in [3.8, 4) is 40.2 Å². The fourth-order valence-electron chi connectivity index (χ4n) is 15.4. The van der Waals surface area contributed by atoms with Crippen molar-refractivity contribution in [1.82, 2.24) is 19.8 Å². The minimum Gasteiger partial charge on any atom is -0.497 e. The van der Waals surface area contributed by atoms with Crippen molar-refractivity contribution in [2.24, 2.45) is 35.5 Å². The molecule has 2 N–H and O–H groups in total. The monoisotopic (exact) mass is 1190 g/mol. The van der Waals surface area contributed by atoms with Crippen LogP contribution in [0, 0.1) is 35.5 Å². The number of carbonyl (C=O) groups is 4. The van der Waals surface area contributed by atoms with Gasteiger partial charge in [-0.15, -0.1) is 0 Å². The molecule has 2 aliphatic carbocycles. The molecule has 4 aliphatic heterocycles. The summed E-state index contributed by atoms with van der Waals surface area (Å²) in [6.07, 6.45) is 1.96. The molecular formula is C65H78N4O17. The highest BCUT2D eigenvalue weighted by Gasteiger charge is 2.56. The standard InChI is InChI=1S/C33H40N2O9.C32H38N2O8/c1-38-19-7-8-20-21-9-10-35-16-18-13-27(44-32(36)17-11-25(39-2)30(41-4)26(12-17)40-3)31(42-5)28(33(37)43-6)22(18)15-24(35)29(21)34-23(20)14-19;1-37-24-12-17(13-25(38-2)29(24)39-3)31(35)42-26-14-18-16-34-11-10-20-19-8-6-7-9-22(19)33-28(20)23(34)15-21(18)27(30(26)40-4)32(36)41-5/h7-8,11-12,14,18,22,24,27-28,31,34H,9-10,13,15-16H2,1-6H3;6-9,12-13,18,21,23,26-27,30,33H,10-11,14-16H2,1-5H3/t18-,22+,24-,27-,28+,31+;18-,21+,23-,26-,27+,30+/m11/s1. The van der Waals surface area contributed by atoms with Crippen LogP contribution in [-0.4, -0.2) is 172 Å². The number of aromatic amines is 2. The number of ether oxygens (including phenoxy) is 13. The minimum atomic E-state index is -0.670. The minimum absolute atomic E-state index is 0.0112. The molecule has 6 aliphatic rings. The van der Waals surface area contributed by atoms with Crippen LogP contribution in [0.25, 0.3) is 21.8 Å². The Morgan fingerprint density at radius 1 is 0.477 bits per heavy atom. The fourth-order valence-corrected chi connectivity index (χ4v) is 15.4. The van der Waals surface area contributed by atoms with Gasteiger partial charge in [0.05, 0.1) is 99.0 Å². The summed E-state index contributed by atoms with van der Waals surface area (Å²) >= 11 is 0. The number of benzene rings is 4. The van der Waals surface area contributed by atoms with Crippen molar-refractivity contribution < 1.29 is 80.8 Å². The van der Waals surface area contributed by atoms with Gasteiger partial charge in [-0.2, -0.15) is 0 Å². The van der Waals surface area contributed by atoms with Crippen LogP contribution in [-0.2, 0) is 50.9 Å². The van der Waals surface area contributed by atoms with Crippen molar-refractivity contribution in [2.45, 2.75) is 75.0 Å². The van der Waals surface area contributed by atoms with Crippen molar-refractivity contribution >= 4 is 45.7 Å². The van der Waals surface area contributed by atoms with E-state index in [0.717, 1.165) is 68.6 Å². The highest BCUT2D eigenvalue weighted by Crippen LogP contribution is 2.53. The second-order valence-corrected chi connectivity index (χ2v) is 23.0. The second-order valence-electron chi connectivity index (χ2n) is 23.0. The fraction of sp³-hybridized carbons (Fsp3) is 0.508. The van der Waals surface area contributed by atoms with Crippen molar-refractivity contribution in [3.63, 3.8) is 0 Å². The molecule has 6 aromatic rings. The third kappa shape index (κ3) is 10.8. The van der Waals surface area contributed by atoms with E-state index in [9.17, 15) is 19.2 Å². The largest absolute Gasteiger partial charge is 0.497 e. The summed E-state index contributed by atoms with van der Waals surface area (Å²) in [5.74, 6) is 0.186. The SMILES string of the molecule is COC(=O)[C@H]1[C@H]2C[C@@H]3c4[nH]c5cc(OC)ccc5c4CCN3C[C@H]2C[C@@H](OC(=O)c2cc(OC)c(OC)c(OC)c2)[C@@H]1OC.COC(=O)[C@H]1[C@H]2C[C@@H]3c4[nH]c5ccccc5c4CCN3C[C@H]2C[C@@H](OC(=O)c2cc(OC)c(OC)c(OC)c2)[C@@H]1OC. The van der Waals surface area contributed by atoms with Gasteiger partial charge >= 0.3 is 23.9 Å². The van der Waals surface area contributed by atoms with E-state index in [2.05, 4.69) is 50.1 Å². The van der Waals surface area contributed by atoms with Crippen molar-refractivity contribution in [2.75, 3.05) is 104 Å². The maximum absolute atomic E-state index is 13.5. The molecule has 0 unspecified atom stereocenters. The van der Waals surface area contributed by atoms with Gasteiger partial charge < -0.3 is 71.5 Å². The molecule has 6 heterocycles. The first-order valence-corrected chi connectivity index (χ1v) is 29.3. The number of aromatic nitrogens is 2. The lowest BCUT2D eigenvalue weighted by atomic mass is 9.63. The number of fused-ring (bicyclic) bond motifs is 12. The van der Waals surface area contributed by atoms with Crippen molar-refractivity contribution in [1.29, 1.82) is 0 Å². The van der Waals surface area contributed by atoms with Crippen LogP contribution in [0.3, 0.4) is 0 Å². The van der Waals surface area contributed by atoms with Crippen LogP contribution in [0.4, 0.5) is 0 Å². The smallest absolute Gasteiger partial charge is 0.338 e. The lowest BCUT2D eigenvalue weighted by molar-refractivity contribution is -0.176. The molecule has 0 spiro atoms. The lowest BCUT2D eigenvalue weighted by Gasteiger charge is -2.52. The Hall–Kier alpha value is -7.72. The molecule has 2 saturated heterocycles. The maximum atomic E-state index is 13.5. The summed E-state index contributed by atoms with van der Waals surface area (Å²) in [6, 6.07) is 21.1. The molecule has 12 rings (SSSR count). The number of esters is 4. The normalized spacial score (nSPS) is 26.5. The van der Waals surface area contributed by atoms with E-state index in [4.69, 9.17) is 61.6 Å². The Morgan fingerprint density at radius 3 is 1.31 bits per heavy atom. The summed E-state index contributed by atoms with van der Waals surface area (Å²) in [5, 5.41) is 2.49. The molecule has 21 heteroatoms. The van der Waals surface area contributed by atoms with Gasteiger partial charge in [0, 0.05) is 79.7 Å².